The lowest BCUT2D eigenvalue weighted by atomic mass is 10.1. The molecular formula is C14H13O8P. The van der Waals surface area contributed by atoms with E-state index >= 15 is 0 Å². The Labute approximate surface area is 130 Å². The quantitative estimate of drug-likeness (QED) is 0.621. The summed E-state index contributed by atoms with van der Waals surface area (Å²) >= 11 is 0. The molecule has 0 bridgehead atoms. The number of carboxylic acids is 2. The average Bonchev–Trinajstić information content (AvgIpc) is 2.47. The molecule has 122 valence electrons. The van der Waals surface area contributed by atoms with Gasteiger partial charge in [-0.25, -0.2) is 14.2 Å². The molecule has 0 atom stereocenters. The smallest absolute Gasteiger partial charge is 0.478 e. The van der Waals surface area contributed by atoms with E-state index in [0.29, 0.717) is 0 Å². The molecule has 0 fully saturated rings. The first-order valence-electron chi connectivity index (χ1n) is 6.06. The van der Waals surface area contributed by atoms with E-state index < -0.39 is 19.8 Å². The number of hydrogen-bond acceptors (Lipinski definition) is 4. The minimum Gasteiger partial charge on any atom is -0.478 e. The summed E-state index contributed by atoms with van der Waals surface area (Å²) in [6.07, 6.45) is 0. The van der Waals surface area contributed by atoms with Crippen LogP contribution >= 0.6 is 7.82 Å². The molecule has 23 heavy (non-hydrogen) atoms. The van der Waals surface area contributed by atoms with Crippen LogP contribution in [0.2, 0.25) is 0 Å². The van der Waals surface area contributed by atoms with Gasteiger partial charge < -0.3 is 14.7 Å². The SMILES string of the molecule is O=C(O)c1ccccc1C(=O)O.O=P(O)(O)Oc1ccccc1. The lowest BCUT2D eigenvalue weighted by Crippen LogP contribution is -2.06. The van der Waals surface area contributed by atoms with Gasteiger partial charge in [0, 0.05) is 0 Å². The van der Waals surface area contributed by atoms with Crippen molar-refractivity contribution in [2.75, 3.05) is 0 Å². The molecular weight excluding hydrogens is 327 g/mol. The van der Waals surface area contributed by atoms with Crippen molar-refractivity contribution >= 4 is 19.8 Å². The standard InChI is InChI=1S/C8H6O4.C6H7O4P/c9-7(10)5-3-1-2-4-6(5)8(11)12;7-11(8,9)10-6-4-2-1-3-5-6/h1-4H,(H,9,10)(H,11,12);1-5H,(H2,7,8,9). The fourth-order valence-corrected chi connectivity index (χ4v) is 1.87. The van der Waals surface area contributed by atoms with Gasteiger partial charge >= 0.3 is 19.8 Å². The third kappa shape index (κ3) is 6.75. The predicted molar refractivity (Wildman–Crippen MR) is 79.5 cm³/mol. The highest BCUT2D eigenvalue weighted by Crippen LogP contribution is 2.36. The van der Waals surface area contributed by atoms with Crippen molar-refractivity contribution in [3.63, 3.8) is 0 Å². The summed E-state index contributed by atoms with van der Waals surface area (Å²) < 4.78 is 14.5. The Morgan fingerprint density at radius 2 is 1.17 bits per heavy atom. The summed E-state index contributed by atoms with van der Waals surface area (Å²) in [6, 6.07) is 13.4. The summed E-state index contributed by atoms with van der Waals surface area (Å²) in [4.78, 5) is 37.6. The van der Waals surface area contributed by atoms with E-state index in [-0.39, 0.29) is 16.9 Å². The largest absolute Gasteiger partial charge is 0.524 e. The van der Waals surface area contributed by atoms with Crippen LogP contribution in [0.1, 0.15) is 20.7 Å². The molecule has 8 nitrogen and oxygen atoms in total. The Hall–Kier alpha value is -2.67. The van der Waals surface area contributed by atoms with Crippen LogP contribution in [0.25, 0.3) is 0 Å². The van der Waals surface area contributed by atoms with Crippen LogP contribution in [-0.2, 0) is 4.57 Å². The summed E-state index contributed by atoms with van der Waals surface area (Å²) in [5.41, 5.74) is -0.380. The fraction of sp³-hybridized carbons (Fsp3) is 0. The van der Waals surface area contributed by atoms with E-state index in [0.717, 1.165) is 0 Å². The van der Waals surface area contributed by atoms with Crippen molar-refractivity contribution in [3.05, 3.63) is 65.7 Å². The van der Waals surface area contributed by atoms with E-state index in [4.69, 9.17) is 20.0 Å². The van der Waals surface area contributed by atoms with Crippen molar-refractivity contribution < 1.29 is 38.7 Å². The van der Waals surface area contributed by atoms with Gasteiger partial charge in [-0.2, -0.15) is 0 Å². The number of rotatable bonds is 4. The Balaban J connectivity index is 0.000000231. The molecule has 2 aromatic rings. The maximum Gasteiger partial charge on any atom is 0.524 e. The van der Waals surface area contributed by atoms with Crippen LogP contribution in [-0.4, -0.2) is 31.9 Å². The van der Waals surface area contributed by atoms with Crippen LogP contribution < -0.4 is 4.52 Å². The van der Waals surface area contributed by atoms with Gasteiger partial charge in [-0.15, -0.1) is 0 Å². The number of para-hydroxylation sites is 1. The monoisotopic (exact) mass is 340 g/mol. The second-order valence-electron chi connectivity index (χ2n) is 4.05. The molecule has 9 heteroatoms. The van der Waals surface area contributed by atoms with Crippen molar-refractivity contribution in [2.45, 2.75) is 0 Å². The van der Waals surface area contributed by atoms with Gasteiger partial charge in [-0.1, -0.05) is 30.3 Å². The molecule has 4 N–H and O–H groups in total. The Bertz CT molecular complexity index is 690. The fourth-order valence-electron chi connectivity index (χ4n) is 1.47. The van der Waals surface area contributed by atoms with Crippen LogP contribution in [0.4, 0.5) is 0 Å². The molecule has 0 heterocycles. The van der Waals surface area contributed by atoms with Crippen molar-refractivity contribution in [2.24, 2.45) is 0 Å². The second kappa shape index (κ2) is 8.09. The first-order chi connectivity index (χ1) is 10.7. The molecule has 0 radical (unpaired) electrons. The minimum absolute atomic E-state index is 0.167. The summed E-state index contributed by atoms with van der Waals surface area (Å²) in [6.45, 7) is 0. The van der Waals surface area contributed by atoms with Gasteiger partial charge in [0.1, 0.15) is 5.75 Å². The molecule has 0 saturated carbocycles. The zero-order valence-corrected chi connectivity index (χ0v) is 12.5. The molecule has 0 aliphatic carbocycles. The van der Waals surface area contributed by atoms with Gasteiger partial charge in [0.2, 0.25) is 0 Å². The zero-order valence-electron chi connectivity index (χ0n) is 11.6. The molecule has 0 unspecified atom stereocenters. The summed E-state index contributed by atoms with van der Waals surface area (Å²) in [5, 5.41) is 17.1. The van der Waals surface area contributed by atoms with E-state index in [1.54, 1.807) is 18.2 Å². The maximum absolute atomic E-state index is 10.5. The summed E-state index contributed by atoms with van der Waals surface area (Å²) in [5.74, 6) is -2.29. The van der Waals surface area contributed by atoms with Gasteiger partial charge in [-0.3, -0.25) is 9.79 Å². The number of carbonyl (C=O) groups is 2. The number of phosphoric acid groups is 1. The van der Waals surface area contributed by atoms with Crippen LogP contribution in [0, 0.1) is 0 Å². The Morgan fingerprint density at radius 1 is 0.783 bits per heavy atom. The van der Waals surface area contributed by atoms with E-state index in [1.807, 2.05) is 0 Å². The summed E-state index contributed by atoms with van der Waals surface area (Å²) in [7, 11) is -4.39. The van der Waals surface area contributed by atoms with Gasteiger partial charge in [0.15, 0.2) is 0 Å². The number of hydrogen-bond donors (Lipinski definition) is 4. The molecule has 0 amide bonds. The molecule has 0 saturated heterocycles. The van der Waals surface area contributed by atoms with Gasteiger partial charge in [-0.05, 0) is 24.3 Å². The Morgan fingerprint density at radius 3 is 1.52 bits per heavy atom. The van der Waals surface area contributed by atoms with Crippen LogP contribution in [0.3, 0.4) is 0 Å². The molecule has 0 spiro atoms. The Kier molecular flexibility index (Phi) is 6.47. The van der Waals surface area contributed by atoms with E-state index in [2.05, 4.69) is 4.52 Å². The highest BCUT2D eigenvalue weighted by Gasteiger charge is 2.15. The van der Waals surface area contributed by atoms with Crippen molar-refractivity contribution in [1.29, 1.82) is 0 Å². The predicted octanol–water partition coefficient (Wildman–Crippen LogP) is 2.24. The van der Waals surface area contributed by atoms with Gasteiger partial charge in [0.05, 0.1) is 11.1 Å². The van der Waals surface area contributed by atoms with E-state index in [1.165, 1.54) is 36.4 Å². The molecule has 0 aromatic heterocycles. The highest BCUT2D eigenvalue weighted by atomic mass is 31.2. The number of aromatic carboxylic acids is 2. The normalized spacial score (nSPS) is 10.2. The first kappa shape index (κ1) is 18.4. The molecule has 2 rings (SSSR count). The third-order valence-electron chi connectivity index (χ3n) is 2.36. The number of carboxylic acid groups (broad SMARTS) is 2. The van der Waals surface area contributed by atoms with Crippen molar-refractivity contribution in [3.8, 4) is 5.75 Å². The van der Waals surface area contributed by atoms with Crippen LogP contribution in [0.15, 0.2) is 54.6 Å². The third-order valence-corrected chi connectivity index (χ3v) is 2.80. The zero-order chi connectivity index (χ0) is 17.5. The highest BCUT2D eigenvalue weighted by molar-refractivity contribution is 7.46. The van der Waals surface area contributed by atoms with Crippen LogP contribution in [0.5, 0.6) is 5.75 Å². The molecule has 2 aromatic carbocycles. The molecule has 0 aliphatic rings. The number of phosphoric ester groups is 1. The topological polar surface area (TPSA) is 141 Å². The second-order valence-corrected chi connectivity index (χ2v) is 5.21. The van der Waals surface area contributed by atoms with E-state index in [9.17, 15) is 14.2 Å². The number of benzene rings is 2. The first-order valence-corrected chi connectivity index (χ1v) is 7.59. The average molecular weight is 340 g/mol. The lowest BCUT2D eigenvalue weighted by molar-refractivity contribution is 0.0651. The maximum atomic E-state index is 10.5. The van der Waals surface area contributed by atoms with Crippen molar-refractivity contribution in [1.82, 2.24) is 0 Å². The lowest BCUT2D eigenvalue weighted by Gasteiger charge is -2.04. The molecule has 0 aliphatic heterocycles. The minimum atomic E-state index is -4.39. The van der Waals surface area contributed by atoms with Gasteiger partial charge in [0.25, 0.3) is 0 Å².